The molecule has 0 spiro atoms. The SMILES string of the molecule is CN1CCC2c3c(Cl)ncnc3SC2C1. The number of fused-ring (bicyclic) bond motifs is 3. The molecule has 80 valence electrons. The minimum absolute atomic E-state index is 0.565. The molecule has 2 atom stereocenters. The molecule has 0 N–H and O–H groups in total. The molecule has 0 amide bonds. The van der Waals surface area contributed by atoms with Crippen molar-refractivity contribution in [1.82, 2.24) is 14.9 Å². The van der Waals surface area contributed by atoms with Gasteiger partial charge in [0.25, 0.3) is 0 Å². The summed E-state index contributed by atoms with van der Waals surface area (Å²) in [6.07, 6.45) is 2.74. The molecule has 2 aliphatic heterocycles. The molecule has 1 fully saturated rings. The molecule has 0 aromatic carbocycles. The van der Waals surface area contributed by atoms with Crippen molar-refractivity contribution in [3.63, 3.8) is 0 Å². The van der Waals surface area contributed by atoms with Gasteiger partial charge in [0, 0.05) is 23.3 Å². The number of hydrogen-bond acceptors (Lipinski definition) is 4. The van der Waals surface area contributed by atoms with E-state index in [1.165, 1.54) is 12.0 Å². The van der Waals surface area contributed by atoms with Gasteiger partial charge in [-0.2, -0.15) is 0 Å². The third kappa shape index (κ3) is 1.55. The van der Waals surface area contributed by atoms with Crippen molar-refractivity contribution < 1.29 is 0 Å². The number of halogens is 1. The number of piperidine rings is 1. The van der Waals surface area contributed by atoms with Crippen molar-refractivity contribution >= 4 is 23.4 Å². The van der Waals surface area contributed by atoms with Gasteiger partial charge in [0.1, 0.15) is 16.5 Å². The van der Waals surface area contributed by atoms with E-state index in [1.54, 1.807) is 6.33 Å². The number of rotatable bonds is 0. The summed E-state index contributed by atoms with van der Waals surface area (Å²) in [6, 6.07) is 0. The molecule has 2 aliphatic rings. The Labute approximate surface area is 98.2 Å². The molecule has 2 unspecified atom stereocenters. The van der Waals surface area contributed by atoms with E-state index in [1.807, 2.05) is 11.8 Å². The Balaban J connectivity index is 2.00. The Morgan fingerprint density at radius 3 is 3.27 bits per heavy atom. The lowest BCUT2D eigenvalue weighted by Gasteiger charge is -2.31. The monoisotopic (exact) mass is 241 g/mol. The van der Waals surface area contributed by atoms with Crippen LogP contribution in [0.4, 0.5) is 0 Å². The molecule has 0 aliphatic carbocycles. The Kier molecular flexibility index (Phi) is 2.38. The molecule has 5 heteroatoms. The highest BCUT2D eigenvalue weighted by atomic mass is 35.5. The van der Waals surface area contributed by atoms with Crippen LogP contribution in [0.3, 0.4) is 0 Å². The van der Waals surface area contributed by atoms with E-state index in [0.29, 0.717) is 16.3 Å². The maximum Gasteiger partial charge on any atom is 0.137 e. The van der Waals surface area contributed by atoms with Crippen LogP contribution in [0.15, 0.2) is 11.4 Å². The van der Waals surface area contributed by atoms with Crippen LogP contribution in [-0.2, 0) is 0 Å². The van der Waals surface area contributed by atoms with E-state index in [2.05, 4.69) is 21.9 Å². The summed E-state index contributed by atoms with van der Waals surface area (Å²) in [5.41, 5.74) is 1.20. The Hall–Kier alpha value is -0.320. The Morgan fingerprint density at radius 1 is 1.53 bits per heavy atom. The molecule has 1 aromatic rings. The van der Waals surface area contributed by atoms with Gasteiger partial charge in [0.05, 0.1) is 0 Å². The summed E-state index contributed by atoms with van der Waals surface area (Å²) in [5.74, 6) is 0.565. The topological polar surface area (TPSA) is 29.0 Å². The minimum atomic E-state index is 0.565. The van der Waals surface area contributed by atoms with Crippen LogP contribution in [0, 0.1) is 0 Å². The number of likely N-dealkylation sites (tertiary alicyclic amines) is 1. The molecule has 3 heterocycles. The van der Waals surface area contributed by atoms with Crippen molar-refractivity contribution in [1.29, 1.82) is 0 Å². The van der Waals surface area contributed by atoms with E-state index in [-0.39, 0.29) is 0 Å². The summed E-state index contributed by atoms with van der Waals surface area (Å²) in [6.45, 7) is 2.27. The van der Waals surface area contributed by atoms with Crippen LogP contribution in [-0.4, -0.2) is 40.3 Å². The van der Waals surface area contributed by atoms with E-state index in [9.17, 15) is 0 Å². The lowest BCUT2D eigenvalue weighted by molar-refractivity contribution is 0.264. The van der Waals surface area contributed by atoms with Crippen LogP contribution in [0.2, 0.25) is 5.15 Å². The van der Waals surface area contributed by atoms with Crippen molar-refractivity contribution in [2.45, 2.75) is 22.6 Å². The number of thioether (sulfide) groups is 1. The highest BCUT2D eigenvalue weighted by molar-refractivity contribution is 8.00. The van der Waals surface area contributed by atoms with Gasteiger partial charge in [-0.25, -0.2) is 9.97 Å². The first-order valence-corrected chi connectivity index (χ1v) is 6.37. The number of hydrogen-bond donors (Lipinski definition) is 0. The van der Waals surface area contributed by atoms with Gasteiger partial charge in [-0.3, -0.25) is 0 Å². The normalized spacial score (nSPS) is 30.0. The second kappa shape index (κ2) is 3.61. The molecule has 0 saturated carbocycles. The van der Waals surface area contributed by atoms with E-state index in [4.69, 9.17) is 11.6 Å². The van der Waals surface area contributed by atoms with Crippen molar-refractivity contribution in [3.8, 4) is 0 Å². The van der Waals surface area contributed by atoms with E-state index in [0.717, 1.165) is 18.1 Å². The van der Waals surface area contributed by atoms with Gasteiger partial charge in [-0.1, -0.05) is 11.6 Å². The second-order valence-corrected chi connectivity index (χ2v) is 5.78. The van der Waals surface area contributed by atoms with Crippen molar-refractivity contribution in [2.24, 2.45) is 0 Å². The fourth-order valence-electron chi connectivity index (χ4n) is 2.43. The third-order valence-corrected chi connectivity index (χ3v) is 4.82. The molecular weight excluding hydrogens is 230 g/mol. The Morgan fingerprint density at radius 2 is 2.40 bits per heavy atom. The molecule has 0 bridgehead atoms. The van der Waals surface area contributed by atoms with E-state index >= 15 is 0 Å². The van der Waals surface area contributed by atoms with Crippen molar-refractivity contribution in [2.75, 3.05) is 20.1 Å². The van der Waals surface area contributed by atoms with Gasteiger partial charge in [-0.15, -0.1) is 11.8 Å². The van der Waals surface area contributed by atoms with E-state index < -0.39 is 0 Å². The lowest BCUT2D eigenvalue weighted by atomic mass is 9.91. The fraction of sp³-hybridized carbons (Fsp3) is 0.600. The van der Waals surface area contributed by atoms with Crippen LogP contribution in [0.1, 0.15) is 17.9 Å². The first-order valence-electron chi connectivity index (χ1n) is 5.11. The third-order valence-electron chi connectivity index (χ3n) is 3.19. The first-order chi connectivity index (χ1) is 7.25. The van der Waals surface area contributed by atoms with Crippen LogP contribution >= 0.6 is 23.4 Å². The lowest BCUT2D eigenvalue weighted by Crippen LogP contribution is -2.36. The smallest absolute Gasteiger partial charge is 0.137 e. The zero-order valence-electron chi connectivity index (χ0n) is 8.48. The average molecular weight is 242 g/mol. The van der Waals surface area contributed by atoms with Gasteiger partial charge in [0.2, 0.25) is 0 Å². The maximum atomic E-state index is 6.15. The zero-order chi connectivity index (χ0) is 10.4. The fourth-order valence-corrected chi connectivity index (χ4v) is 4.29. The number of nitrogens with zero attached hydrogens (tertiary/aromatic N) is 3. The molecule has 1 aromatic heterocycles. The highest BCUT2D eigenvalue weighted by Gasteiger charge is 2.39. The molecule has 1 saturated heterocycles. The van der Waals surface area contributed by atoms with Crippen LogP contribution in [0.25, 0.3) is 0 Å². The summed E-state index contributed by atoms with van der Waals surface area (Å²) < 4.78 is 0. The first kappa shape index (κ1) is 9.87. The Bertz CT molecular complexity index is 398. The predicted octanol–water partition coefficient (Wildman–Crippen LogP) is 2.02. The molecular formula is C10H12ClN3S. The van der Waals surface area contributed by atoms with Gasteiger partial charge >= 0.3 is 0 Å². The zero-order valence-corrected chi connectivity index (χ0v) is 10.1. The number of aromatic nitrogens is 2. The van der Waals surface area contributed by atoms with Gasteiger partial charge < -0.3 is 4.90 Å². The summed E-state index contributed by atoms with van der Waals surface area (Å²) in [7, 11) is 2.17. The average Bonchev–Trinajstić information content (AvgIpc) is 2.56. The molecule has 0 radical (unpaired) electrons. The largest absolute Gasteiger partial charge is 0.305 e. The van der Waals surface area contributed by atoms with Crippen molar-refractivity contribution in [3.05, 3.63) is 17.0 Å². The van der Waals surface area contributed by atoms with Crippen LogP contribution in [0.5, 0.6) is 0 Å². The van der Waals surface area contributed by atoms with Gasteiger partial charge in [-0.05, 0) is 20.0 Å². The second-order valence-electron chi connectivity index (χ2n) is 4.20. The van der Waals surface area contributed by atoms with Gasteiger partial charge in [0.15, 0.2) is 0 Å². The quantitative estimate of drug-likeness (QED) is 0.650. The highest BCUT2D eigenvalue weighted by Crippen LogP contribution is 2.49. The minimum Gasteiger partial charge on any atom is -0.305 e. The standard InChI is InChI=1S/C10H12ClN3S/c1-14-3-2-6-7(4-14)15-10-8(6)9(11)12-5-13-10/h5-7H,2-4H2,1H3. The molecule has 3 rings (SSSR count). The molecule has 15 heavy (non-hydrogen) atoms. The summed E-state index contributed by atoms with van der Waals surface area (Å²) >= 11 is 8.01. The predicted molar refractivity (Wildman–Crippen MR) is 61.5 cm³/mol. The summed E-state index contributed by atoms with van der Waals surface area (Å²) in [4.78, 5) is 10.8. The maximum absolute atomic E-state index is 6.15. The summed E-state index contributed by atoms with van der Waals surface area (Å²) in [5, 5.41) is 2.37. The molecule has 3 nitrogen and oxygen atoms in total. The van der Waals surface area contributed by atoms with Crippen LogP contribution < -0.4 is 0 Å².